The molecule has 0 atom stereocenters. The van der Waals surface area contributed by atoms with Crippen LogP contribution in [0.4, 0.5) is 18.9 Å². The van der Waals surface area contributed by atoms with E-state index in [9.17, 15) is 23.4 Å². The van der Waals surface area contributed by atoms with Crippen molar-refractivity contribution >= 4 is 5.69 Å². The van der Waals surface area contributed by atoms with Crippen LogP contribution < -0.4 is 5.32 Å². The molecule has 3 aromatic carbocycles. The molecule has 3 nitrogen and oxygen atoms in total. The van der Waals surface area contributed by atoms with Gasteiger partial charge < -0.3 is 15.5 Å². The highest BCUT2D eigenvalue weighted by Crippen LogP contribution is 2.36. The summed E-state index contributed by atoms with van der Waals surface area (Å²) in [5, 5.41) is 22.9. The van der Waals surface area contributed by atoms with Crippen LogP contribution in [0.3, 0.4) is 0 Å². The first-order valence-electron chi connectivity index (χ1n) is 8.69. The molecule has 6 heteroatoms. The summed E-state index contributed by atoms with van der Waals surface area (Å²) in [5.74, 6) is -0.323. The topological polar surface area (TPSA) is 52.5 Å². The highest BCUT2D eigenvalue weighted by atomic mass is 19.4. The fourth-order valence-corrected chi connectivity index (χ4v) is 3.19. The summed E-state index contributed by atoms with van der Waals surface area (Å²) in [6.07, 6.45) is -4.54. The first-order valence-corrected chi connectivity index (χ1v) is 8.69. The van der Waals surface area contributed by atoms with Gasteiger partial charge in [-0.1, -0.05) is 29.8 Å². The van der Waals surface area contributed by atoms with E-state index in [0.717, 1.165) is 28.3 Å². The van der Waals surface area contributed by atoms with E-state index in [-0.39, 0.29) is 18.0 Å². The third-order valence-corrected chi connectivity index (χ3v) is 4.51. The van der Waals surface area contributed by atoms with Crippen molar-refractivity contribution in [2.45, 2.75) is 26.6 Å². The van der Waals surface area contributed by atoms with Gasteiger partial charge in [0.1, 0.15) is 11.5 Å². The lowest BCUT2D eigenvalue weighted by atomic mass is 9.93. The zero-order valence-electron chi connectivity index (χ0n) is 15.4. The van der Waals surface area contributed by atoms with Crippen LogP contribution in [0.5, 0.6) is 11.5 Å². The monoisotopic (exact) mass is 387 g/mol. The van der Waals surface area contributed by atoms with E-state index in [4.69, 9.17) is 0 Å². The molecule has 0 aliphatic rings. The smallest absolute Gasteiger partial charge is 0.416 e. The van der Waals surface area contributed by atoms with Gasteiger partial charge >= 0.3 is 6.18 Å². The lowest BCUT2D eigenvalue weighted by molar-refractivity contribution is -0.137. The number of aryl methyl sites for hydroxylation is 2. The van der Waals surface area contributed by atoms with Crippen molar-refractivity contribution in [3.05, 3.63) is 76.9 Å². The summed E-state index contributed by atoms with van der Waals surface area (Å²) in [4.78, 5) is 0. The van der Waals surface area contributed by atoms with Crippen LogP contribution in [0.2, 0.25) is 0 Å². The Bertz CT molecular complexity index is 1010. The van der Waals surface area contributed by atoms with Gasteiger partial charge in [0.15, 0.2) is 0 Å². The molecule has 0 heterocycles. The first-order chi connectivity index (χ1) is 13.1. The van der Waals surface area contributed by atoms with Crippen molar-refractivity contribution in [1.82, 2.24) is 0 Å². The minimum atomic E-state index is -4.54. The second-order valence-electron chi connectivity index (χ2n) is 6.75. The van der Waals surface area contributed by atoms with Crippen LogP contribution in [0.1, 0.15) is 22.3 Å². The van der Waals surface area contributed by atoms with Crippen molar-refractivity contribution in [1.29, 1.82) is 0 Å². The minimum Gasteiger partial charge on any atom is -0.508 e. The zero-order valence-corrected chi connectivity index (χ0v) is 15.4. The van der Waals surface area contributed by atoms with Crippen LogP contribution >= 0.6 is 0 Å². The molecule has 28 heavy (non-hydrogen) atoms. The molecule has 0 aliphatic carbocycles. The van der Waals surface area contributed by atoms with Crippen LogP contribution in [0.15, 0.2) is 54.6 Å². The Balaban J connectivity index is 1.96. The van der Waals surface area contributed by atoms with Gasteiger partial charge in [0.25, 0.3) is 0 Å². The van der Waals surface area contributed by atoms with Gasteiger partial charge in [-0.25, -0.2) is 0 Å². The Labute approximate surface area is 161 Å². The highest BCUT2D eigenvalue weighted by Gasteiger charge is 2.31. The summed E-state index contributed by atoms with van der Waals surface area (Å²) in [6.45, 7) is 4.06. The number of phenolic OH excluding ortho intramolecular Hbond substituents is 2. The molecule has 0 saturated carbocycles. The number of hydrogen-bond donors (Lipinski definition) is 3. The van der Waals surface area contributed by atoms with Gasteiger partial charge in [-0.2, -0.15) is 13.2 Å². The Kier molecular flexibility index (Phi) is 5.23. The maximum absolute atomic E-state index is 13.0. The van der Waals surface area contributed by atoms with Gasteiger partial charge in [-0.3, -0.25) is 0 Å². The molecular weight excluding hydrogens is 367 g/mol. The van der Waals surface area contributed by atoms with Crippen LogP contribution in [0, 0.1) is 13.8 Å². The summed E-state index contributed by atoms with van der Waals surface area (Å²) in [6, 6.07) is 13.8. The third kappa shape index (κ3) is 4.22. The number of anilines is 1. The molecule has 146 valence electrons. The van der Waals surface area contributed by atoms with E-state index < -0.39 is 17.5 Å². The van der Waals surface area contributed by atoms with Crippen molar-refractivity contribution in [3.8, 4) is 22.6 Å². The van der Waals surface area contributed by atoms with Gasteiger partial charge in [-0.05, 0) is 54.8 Å². The molecule has 0 spiro atoms. The molecule has 0 amide bonds. The number of nitrogens with one attached hydrogen (secondary N) is 1. The Hall–Kier alpha value is -3.15. The van der Waals surface area contributed by atoms with E-state index in [1.165, 1.54) is 6.07 Å². The van der Waals surface area contributed by atoms with Crippen LogP contribution in [-0.2, 0) is 12.7 Å². The van der Waals surface area contributed by atoms with Crippen LogP contribution in [-0.4, -0.2) is 10.2 Å². The number of phenols is 2. The van der Waals surface area contributed by atoms with Gasteiger partial charge in [0, 0.05) is 23.9 Å². The van der Waals surface area contributed by atoms with Crippen LogP contribution in [0.25, 0.3) is 11.1 Å². The van der Waals surface area contributed by atoms with Gasteiger partial charge in [-0.15, -0.1) is 0 Å². The van der Waals surface area contributed by atoms with E-state index in [1.54, 1.807) is 12.1 Å². The predicted molar refractivity (Wildman–Crippen MR) is 103 cm³/mol. The van der Waals surface area contributed by atoms with E-state index >= 15 is 0 Å². The zero-order chi connectivity index (χ0) is 20.5. The molecular formula is C22H20F3NO2. The molecule has 0 fully saturated rings. The standard InChI is InChI=1S/C22H20F3NO2/c1-13-6-7-20(28)19(8-13)21-14(2)4-3-5-15(21)12-26-17-9-16(22(23,24)25)10-18(27)11-17/h3-11,26-28H,12H2,1-2H3. The van der Waals surface area contributed by atoms with Crippen molar-refractivity contribution in [2.24, 2.45) is 0 Å². The fourth-order valence-electron chi connectivity index (χ4n) is 3.19. The minimum absolute atomic E-state index is 0.137. The van der Waals surface area contributed by atoms with Crippen molar-refractivity contribution in [3.63, 3.8) is 0 Å². The van der Waals surface area contributed by atoms with Gasteiger partial charge in [0.05, 0.1) is 5.56 Å². The van der Waals surface area contributed by atoms with Gasteiger partial charge in [0.2, 0.25) is 0 Å². The highest BCUT2D eigenvalue weighted by molar-refractivity contribution is 5.76. The number of aromatic hydroxyl groups is 2. The molecule has 0 aromatic heterocycles. The summed E-state index contributed by atoms with van der Waals surface area (Å²) >= 11 is 0. The summed E-state index contributed by atoms with van der Waals surface area (Å²) in [5.41, 5.74) is 3.47. The molecule has 3 rings (SSSR count). The summed E-state index contributed by atoms with van der Waals surface area (Å²) in [7, 11) is 0. The average Bonchev–Trinajstić information content (AvgIpc) is 2.61. The Morgan fingerprint density at radius 1 is 0.929 bits per heavy atom. The normalized spacial score (nSPS) is 11.5. The predicted octanol–water partition coefficient (Wildman–Crippen LogP) is 6.01. The fraction of sp³-hybridized carbons (Fsp3) is 0.182. The quantitative estimate of drug-likeness (QED) is 0.514. The third-order valence-electron chi connectivity index (χ3n) is 4.51. The second-order valence-corrected chi connectivity index (χ2v) is 6.75. The van der Waals surface area contributed by atoms with Crippen molar-refractivity contribution < 1.29 is 23.4 Å². The van der Waals surface area contributed by atoms with E-state index in [2.05, 4.69) is 5.32 Å². The number of alkyl halides is 3. The largest absolute Gasteiger partial charge is 0.508 e. The lowest BCUT2D eigenvalue weighted by Crippen LogP contribution is -2.07. The van der Waals surface area contributed by atoms with Crippen molar-refractivity contribution in [2.75, 3.05) is 5.32 Å². The summed E-state index contributed by atoms with van der Waals surface area (Å²) < 4.78 is 38.9. The molecule has 0 saturated heterocycles. The SMILES string of the molecule is Cc1ccc(O)c(-c2c(C)cccc2CNc2cc(O)cc(C(F)(F)F)c2)c1. The molecule has 0 bridgehead atoms. The number of benzene rings is 3. The molecule has 0 unspecified atom stereocenters. The maximum Gasteiger partial charge on any atom is 0.416 e. The average molecular weight is 387 g/mol. The first kappa shape index (κ1) is 19.6. The molecule has 0 aliphatic heterocycles. The Morgan fingerprint density at radius 2 is 1.68 bits per heavy atom. The second kappa shape index (κ2) is 7.46. The van der Waals surface area contributed by atoms with E-state index in [1.807, 2.05) is 38.1 Å². The molecule has 0 radical (unpaired) electrons. The lowest BCUT2D eigenvalue weighted by Gasteiger charge is -2.17. The number of halogens is 3. The molecule has 3 aromatic rings. The Morgan fingerprint density at radius 3 is 2.39 bits per heavy atom. The maximum atomic E-state index is 13.0. The number of rotatable bonds is 4. The number of hydrogen-bond acceptors (Lipinski definition) is 3. The molecule has 3 N–H and O–H groups in total. The van der Waals surface area contributed by atoms with E-state index in [0.29, 0.717) is 11.6 Å².